The minimum absolute atomic E-state index is 0.0911. The van der Waals surface area contributed by atoms with Crippen molar-refractivity contribution in [2.45, 2.75) is 0 Å². The number of carbonyl (C=O) groups is 1. The average Bonchev–Trinajstić information content (AvgIpc) is 2.55. The van der Waals surface area contributed by atoms with Crippen LogP contribution in [0.5, 0.6) is 5.75 Å². The first-order chi connectivity index (χ1) is 11.0. The highest BCUT2D eigenvalue weighted by atomic mass is 35.5. The zero-order valence-corrected chi connectivity index (χ0v) is 12.8. The van der Waals surface area contributed by atoms with Crippen LogP contribution in [0.2, 0.25) is 5.02 Å². The van der Waals surface area contributed by atoms with Crippen molar-refractivity contribution in [2.24, 2.45) is 0 Å². The van der Waals surface area contributed by atoms with Gasteiger partial charge in [0.1, 0.15) is 11.3 Å². The van der Waals surface area contributed by atoms with Crippen LogP contribution in [0, 0.1) is 0 Å². The molecule has 23 heavy (non-hydrogen) atoms. The van der Waals surface area contributed by atoms with Crippen LogP contribution in [0.4, 0.5) is 0 Å². The van der Waals surface area contributed by atoms with Gasteiger partial charge in [-0.3, -0.25) is 4.79 Å². The lowest BCUT2D eigenvalue weighted by atomic mass is 10.0. The Morgan fingerprint density at radius 2 is 1.87 bits per heavy atom. The van der Waals surface area contributed by atoms with E-state index in [0.717, 1.165) is 0 Å². The predicted octanol–water partition coefficient (Wildman–Crippen LogP) is 3.56. The third-order valence-electron chi connectivity index (χ3n) is 3.57. The molecule has 0 unspecified atom stereocenters. The van der Waals surface area contributed by atoms with Gasteiger partial charge in [0.15, 0.2) is 0 Å². The molecule has 0 radical (unpaired) electrons. The van der Waals surface area contributed by atoms with Crippen molar-refractivity contribution >= 4 is 28.5 Å². The number of halogens is 1. The lowest BCUT2D eigenvalue weighted by Crippen LogP contribution is -2.18. The fourth-order valence-corrected chi connectivity index (χ4v) is 2.83. The fraction of sp³-hybridized carbons (Fsp3) is 0.0588. The largest absolute Gasteiger partial charge is 0.495 e. The number of carboxylic acids is 1. The molecule has 5 nitrogen and oxygen atoms in total. The number of nitrogens with one attached hydrogen (secondary N) is 1. The van der Waals surface area contributed by atoms with Crippen LogP contribution >= 0.6 is 11.6 Å². The quantitative estimate of drug-likeness (QED) is 0.770. The maximum atomic E-state index is 12.7. The summed E-state index contributed by atoms with van der Waals surface area (Å²) in [5.41, 5.74) is 0.310. The number of methoxy groups -OCH3 is 1. The van der Waals surface area contributed by atoms with Crippen LogP contribution in [0.15, 0.2) is 47.3 Å². The van der Waals surface area contributed by atoms with E-state index < -0.39 is 11.4 Å². The summed E-state index contributed by atoms with van der Waals surface area (Å²) in [7, 11) is 1.43. The maximum Gasteiger partial charge on any atom is 0.341 e. The van der Waals surface area contributed by atoms with E-state index in [4.69, 9.17) is 16.3 Å². The third kappa shape index (κ3) is 2.45. The monoisotopic (exact) mass is 329 g/mol. The van der Waals surface area contributed by atoms with Crippen molar-refractivity contribution in [3.63, 3.8) is 0 Å². The van der Waals surface area contributed by atoms with Gasteiger partial charge in [0.05, 0.1) is 28.7 Å². The van der Waals surface area contributed by atoms with Gasteiger partial charge in [-0.1, -0.05) is 41.9 Å². The van der Waals surface area contributed by atoms with Crippen LogP contribution in [0.3, 0.4) is 0 Å². The molecule has 0 spiro atoms. The van der Waals surface area contributed by atoms with E-state index >= 15 is 0 Å². The molecule has 0 aliphatic rings. The highest BCUT2D eigenvalue weighted by molar-refractivity contribution is 6.37. The maximum absolute atomic E-state index is 12.7. The zero-order chi connectivity index (χ0) is 16.6. The average molecular weight is 330 g/mol. The fourth-order valence-electron chi connectivity index (χ4n) is 2.50. The van der Waals surface area contributed by atoms with Crippen LogP contribution in [-0.4, -0.2) is 23.2 Å². The number of aromatic carboxylic acids is 1. The summed E-state index contributed by atoms with van der Waals surface area (Å²) < 4.78 is 5.09. The summed E-state index contributed by atoms with van der Waals surface area (Å²) in [6, 6.07) is 12.1. The molecule has 3 rings (SSSR count). The lowest BCUT2D eigenvalue weighted by Gasteiger charge is -2.11. The second-order valence-electron chi connectivity index (χ2n) is 4.88. The van der Waals surface area contributed by atoms with Gasteiger partial charge in [0, 0.05) is 0 Å². The van der Waals surface area contributed by atoms with Crippen molar-refractivity contribution in [1.29, 1.82) is 0 Å². The Kier molecular flexibility index (Phi) is 3.80. The van der Waals surface area contributed by atoms with Gasteiger partial charge in [-0.2, -0.15) is 0 Å². The van der Waals surface area contributed by atoms with Crippen molar-refractivity contribution in [1.82, 2.24) is 4.98 Å². The summed E-state index contributed by atoms with van der Waals surface area (Å²) in [5.74, 6) is -1.00. The smallest absolute Gasteiger partial charge is 0.341 e. The van der Waals surface area contributed by atoms with Crippen molar-refractivity contribution in [2.75, 3.05) is 7.11 Å². The Balaban J connectivity index is 2.46. The molecule has 0 saturated heterocycles. The molecule has 1 heterocycles. The summed E-state index contributed by atoms with van der Waals surface area (Å²) in [5, 5.41) is 9.68. The minimum Gasteiger partial charge on any atom is -0.495 e. The molecule has 116 valence electrons. The lowest BCUT2D eigenvalue weighted by molar-refractivity contribution is 0.0696. The van der Waals surface area contributed by atoms with Gasteiger partial charge in [-0.05, 0) is 17.7 Å². The topological polar surface area (TPSA) is 79.4 Å². The number of aromatic amines is 1. The van der Waals surface area contributed by atoms with Gasteiger partial charge in [0.25, 0.3) is 0 Å². The van der Waals surface area contributed by atoms with Crippen molar-refractivity contribution in [3.8, 4) is 17.0 Å². The van der Waals surface area contributed by atoms with Gasteiger partial charge in [-0.15, -0.1) is 0 Å². The molecule has 2 N–H and O–H groups in total. The number of pyridine rings is 1. The molecule has 0 amide bonds. The van der Waals surface area contributed by atoms with E-state index in [-0.39, 0.29) is 21.7 Å². The standard InChI is InChI=1S/C17H12ClNO4/c1-23-11-8-7-10-12(14(11)18)16(20)13(17(21)22)15(19-10)9-5-3-2-4-6-9/h2-8H,1H3,(H,19,20)(H,21,22). The number of rotatable bonds is 3. The summed E-state index contributed by atoms with van der Waals surface area (Å²) in [6.07, 6.45) is 0. The first-order valence-electron chi connectivity index (χ1n) is 6.75. The third-order valence-corrected chi connectivity index (χ3v) is 3.94. The normalized spacial score (nSPS) is 10.7. The molecular formula is C17H12ClNO4. The van der Waals surface area contributed by atoms with E-state index in [2.05, 4.69) is 4.98 Å². The molecule has 0 aliphatic heterocycles. The number of carboxylic acid groups (broad SMARTS) is 1. The van der Waals surface area contributed by atoms with Crippen molar-refractivity contribution < 1.29 is 14.6 Å². The number of H-pyrrole nitrogens is 1. The van der Waals surface area contributed by atoms with Gasteiger partial charge < -0.3 is 14.8 Å². The summed E-state index contributed by atoms with van der Waals surface area (Å²) in [4.78, 5) is 27.3. The summed E-state index contributed by atoms with van der Waals surface area (Å²) >= 11 is 6.18. The molecular weight excluding hydrogens is 318 g/mol. The molecule has 0 saturated carbocycles. The van der Waals surface area contributed by atoms with Gasteiger partial charge >= 0.3 is 5.97 Å². The molecule has 0 atom stereocenters. The number of ether oxygens (including phenoxy) is 1. The van der Waals surface area contributed by atoms with E-state index in [1.54, 1.807) is 36.4 Å². The Hall–Kier alpha value is -2.79. The zero-order valence-electron chi connectivity index (χ0n) is 12.1. The summed E-state index contributed by atoms with van der Waals surface area (Å²) in [6.45, 7) is 0. The van der Waals surface area contributed by atoms with Gasteiger partial charge in [-0.25, -0.2) is 4.79 Å². The first kappa shape index (κ1) is 15.1. The second kappa shape index (κ2) is 5.78. The molecule has 0 aliphatic carbocycles. The van der Waals surface area contributed by atoms with Crippen LogP contribution in [-0.2, 0) is 0 Å². The first-order valence-corrected chi connectivity index (χ1v) is 7.13. The van der Waals surface area contributed by atoms with E-state index in [0.29, 0.717) is 16.8 Å². The minimum atomic E-state index is -1.31. The highest BCUT2D eigenvalue weighted by Crippen LogP contribution is 2.32. The van der Waals surface area contributed by atoms with Crippen LogP contribution in [0.1, 0.15) is 10.4 Å². The number of hydrogen-bond acceptors (Lipinski definition) is 3. The Morgan fingerprint density at radius 1 is 1.17 bits per heavy atom. The van der Waals surface area contributed by atoms with E-state index in [1.807, 2.05) is 6.07 Å². The number of benzene rings is 2. The number of aromatic nitrogens is 1. The highest BCUT2D eigenvalue weighted by Gasteiger charge is 2.21. The van der Waals surface area contributed by atoms with Crippen LogP contribution in [0.25, 0.3) is 22.2 Å². The van der Waals surface area contributed by atoms with Crippen molar-refractivity contribution in [3.05, 3.63) is 63.3 Å². The second-order valence-corrected chi connectivity index (χ2v) is 5.26. The molecule has 0 bridgehead atoms. The number of fused-ring (bicyclic) bond motifs is 1. The van der Waals surface area contributed by atoms with Crippen LogP contribution < -0.4 is 10.2 Å². The Morgan fingerprint density at radius 3 is 2.48 bits per heavy atom. The Bertz CT molecular complexity index is 964. The molecule has 1 aromatic heterocycles. The van der Waals surface area contributed by atoms with E-state index in [9.17, 15) is 14.7 Å². The predicted molar refractivity (Wildman–Crippen MR) is 88.5 cm³/mol. The molecule has 6 heteroatoms. The molecule has 0 fully saturated rings. The van der Waals surface area contributed by atoms with Gasteiger partial charge in [0.2, 0.25) is 5.43 Å². The Labute approximate surface area is 136 Å². The van der Waals surface area contributed by atoms with E-state index in [1.165, 1.54) is 7.11 Å². The SMILES string of the molecule is COc1ccc2[nH]c(-c3ccccc3)c(C(=O)O)c(=O)c2c1Cl. The molecule has 3 aromatic rings. The molecule has 2 aromatic carbocycles. The number of hydrogen-bond donors (Lipinski definition) is 2.